The van der Waals surface area contributed by atoms with Gasteiger partial charge in [0.1, 0.15) is 0 Å². The highest BCUT2D eigenvalue weighted by molar-refractivity contribution is 5.89. The fraction of sp³-hybridized carbons (Fsp3) is 0.357. The van der Waals surface area contributed by atoms with E-state index in [9.17, 15) is 4.79 Å². The molecule has 2 aromatic rings. The van der Waals surface area contributed by atoms with Gasteiger partial charge in [0.25, 0.3) is 0 Å². The molecule has 21 heavy (non-hydrogen) atoms. The normalized spacial score (nSPS) is 12.0. The average Bonchev–Trinajstić information content (AvgIpc) is 2.85. The molecule has 2 amide bonds. The summed E-state index contributed by atoms with van der Waals surface area (Å²) in [6.45, 7) is 4.07. The predicted octanol–water partition coefficient (Wildman–Crippen LogP) is 1.76. The van der Waals surface area contributed by atoms with Gasteiger partial charge < -0.3 is 20.9 Å². The first kappa shape index (κ1) is 15.0. The molecule has 112 valence electrons. The van der Waals surface area contributed by atoms with Crippen LogP contribution in [0.1, 0.15) is 30.2 Å². The van der Waals surface area contributed by atoms with Gasteiger partial charge in [-0.05, 0) is 24.6 Å². The number of carbonyl (C=O) groups is 1. The number of anilines is 1. The number of urea groups is 1. The Morgan fingerprint density at radius 2 is 2.10 bits per heavy atom. The second-order valence-electron chi connectivity index (χ2n) is 4.77. The number of hydrogen-bond acceptors (Lipinski definition) is 5. The first-order valence-corrected chi connectivity index (χ1v) is 6.74. The summed E-state index contributed by atoms with van der Waals surface area (Å²) in [4.78, 5) is 15.8. The van der Waals surface area contributed by atoms with E-state index < -0.39 is 0 Å². The minimum Gasteiger partial charge on any atom is -0.340 e. The summed E-state index contributed by atoms with van der Waals surface area (Å²) >= 11 is 0. The first-order chi connectivity index (χ1) is 10.0. The molecule has 0 radical (unpaired) electrons. The molecule has 0 aliphatic heterocycles. The fourth-order valence-electron chi connectivity index (χ4n) is 1.78. The Morgan fingerprint density at radius 1 is 1.38 bits per heavy atom. The smallest absolute Gasteiger partial charge is 0.319 e. The minimum absolute atomic E-state index is 0.0220. The average molecular weight is 289 g/mol. The van der Waals surface area contributed by atoms with Gasteiger partial charge >= 0.3 is 6.03 Å². The largest absolute Gasteiger partial charge is 0.340 e. The third-order valence-corrected chi connectivity index (χ3v) is 2.90. The second kappa shape index (κ2) is 6.85. The van der Waals surface area contributed by atoms with Gasteiger partial charge in [-0.3, -0.25) is 0 Å². The molecule has 1 unspecified atom stereocenters. The summed E-state index contributed by atoms with van der Waals surface area (Å²) < 4.78 is 4.85. The van der Waals surface area contributed by atoms with Gasteiger partial charge in [0, 0.05) is 31.6 Å². The van der Waals surface area contributed by atoms with Gasteiger partial charge in [0.05, 0.1) is 0 Å². The van der Waals surface area contributed by atoms with Crippen LogP contribution >= 0.6 is 0 Å². The number of aromatic nitrogens is 2. The zero-order valence-electron chi connectivity index (χ0n) is 12.1. The molecule has 0 aliphatic carbocycles. The third-order valence-electron chi connectivity index (χ3n) is 2.90. The van der Waals surface area contributed by atoms with Crippen LogP contribution in [-0.2, 0) is 6.42 Å². The van der Waals surface area contributed by atoms with E-state index in [1.165, 1.54) is 0 Å². The molecule has 1 aromatic carbocycles. The van der Waals surface area contributed by atoms with Crippen molar-refractivity contribution in [3.8, 4) is 0 Å². The fourth-order valence-corrected chi connectivity index (χ4v) is 1.78. The highest BCUT2D eigenvalue weighted by Crippen LogP contribution is 2.13. The lowest BCUT2D eigenvalue weighted by Gasteiger charge is -2.09. The van der Waals surface area contributed by atoms with Crippen LogP contribution in [0.3, 0.4) is 0 Å². The van der Waals surface area contributed by atoms with E-state index in [4.69, 9.17) is 10.3 Å². The van der Waals surface area contributed by atoms with Crippen molar-refractivity contribution in [1.29, 1.82) is 0 Å². The number of nitrogens with one attached hydrogen (secondary N) is 2. The molecule has 7 nitrogen and oxygen atoms in total. The lowest BCUT2D eigenvalue weighted by molar-refractivity contribution is 0.252. The Kier molecular flexibility index (Phi) is 4.89. The maximum Gasteiger partial charge on any atom is 0.319 e. The number of carbonyl (C=O) groups excluding carboxylic acids is 1. The van der Waals surface area contributed by atoms with Gasteiger partial charge in [-0.15, -0.1) is 0 Å². The Balaban J connectivity index is 1.76. The standard InChI is InChI=1S/C14H19N5O2/c1-9(15)11-3-5-12(6-4-11)18-14(20)16-8-7-13-17-10(2)21-19-13/h3-6,9H,7-8,15H2,1-2H3,(H2,16,18,20). The maximum absolute atomic E-state index is 11.7. The molecule has 0 fully saturated rings. The van der Waals surface area contributed by atoms with Gasteiger partial charge in [-0.2, -0.15) is 4.98 Å². The maximum atomic E-state index is 11.7. The SMILES string of the molecule is Cc1nc(CCNC(=O)Nc2ccc(C(C)N)cc2)no1. The van der Waals surface area contributed by atoms with Crippen LogP contribution in [-0.4, -0.2) is 22.7 Å². The Hall–Kier alpha value is -2.41. The summed E-state index contributed by atoms with van der Waals surface area (Å²) in [7, 11) is 0. The highest BCUT2D eigenvalue weighted by Gasteiger charge is 2.05. The van der Waals surface area contributed by atoms with Crippen molar-refractivity contribution in [2.45, 2.75) is 26.3 Å². The van der Waals surface area contributed by atoms with Crippen molar-refractivity contribution in [3.63, 3.8) is 0 Å². The molecule has 1 aromatic heterocycles. The van der Waals surface area contributed by atoms with Crippen LogP contribution in [0.5, 0.6) is 0 Å². The van der Waals surface area contributed by atoms with E-state index in [1.54, 1.807) is 6.92 Å². The molecule has 2 rings (SSSR count). The van der Waals surface area contributed by atoms with Crippen LogP contribution in [0.2, 0.25) is 0 Å². The minimum atomic E-state index is -0.274. The summed E-state index contributed by atoms with van der Waals surface area (Å²) in [5, 5.41) is 9.23. The quantitative estimate of drug-likeness (QED) is 0.777. The molecule has 0 saturated carbocycles. The van der Waals surface area contributed by atoms with Crippen LogP contribution in [0.25, 0.3) is 0 Å². The van der Waals surface area contributed by atoms with Gasteiger partial charge in [-0.25, -0.2) is 4.79 Å². The molecule has 1 atom stereocenters. The van der Waals surface area contributed by atoms with E-state index in [1.807, 2.05) is 31.2 Å². The van der Waals surface area contributed by atoms with Crippen molar-refractivity contribution < 1.29 is 9.32 Å². The molecule has 0 aliphatic rings. The van der Waals surface area contributed by atoms with Crippen LogP contribution in [0.4, 0.5) is 10.5 Å². The Bertz CT molecular complexity index is 592. The number of nitrogens with two attached hydrogens (primary N) is 1. The summed E-state index contributed by atoms with van der Waals surface area (Å²) in [5.74, 6) is 1.10. The van der Waals surface area contributed by atoms with Gasteiger partial charge in [-0.1, -0.05) is 17.3 Å². The number of amides is 2. The lowest BCUT2D eigenvalue weighted by atomic mass is 10.1. The summed E-state index contributed by atoms with van der Waals surface area (Å²) in [6, 6.07) is 7.13. The molecule has 0 saturated heterocycles. The molecule has 1 heterocycles. The second-order valence-corrected chi connectivity index (χ2v) is 4.77. The van der Waals surface area contributed by atoms with Crippen molar-refractivity contribution >= 4 is 11.7 Å². The van der Waals surface area contributed by atoms with Crippen molar-refractivity contribution in [3.05, 3.63) is 41.5 Å². The van der Waals surface area contributed by atoms with E-state index in [0.717, 1.165) is 5.56 Å². The zero-order chi connectivity index (χ0) is 15.2. The van der Waals surface area contributed by atoms with E-state index in [0.29, 0.717) is 30.4 Å². The van der Waals surface area contributed by atoms with Crippen molar-refractivity contribution in [2.75, 3.05) is 11.9 Å². The van der Waals surface area contributed by atoms with Crippen LogP contribution in [0.15, 0.2) is 28.8 Å². The van der Waals surface area contributed by atoms with Crippen molar-refractivity contribution in [1.82, 2.24) is 15.5 Å². The highest BCUT2D eigenvalue weighted by atomic mass is 16.5. The predicted molar refractivity (Wildman–Crippen MR) is 78.8 cm³/mol. The molecule has 4 N–H and O–H groups in total. The zero-order valence-corrected chi connectivity index (χ0v) is 12.1. The van der Waals surface area contributed by atoms with E-state index in [2.05, 4.69) is 20.8 Å². The third kappa shape index (κ3) is 4.57. The van der Waals surface area contributed by atoms with E-state index >= 15 is 0 Å². The molecule has 0 bridgehead atoms. The van der Waals surface area contributed by atoms with E-state index in [-0.39, 0.29) is 12.1 Å². The Labute approximate surface area is 122 Å². The van der Waals surface area contributed by atoms with Crippen LogP contribution in [0, 0.1) is 6.92 Å². The molecule has 7 heteroatoms. The summed E-state index contributed by atoms with van der Waals surface area (Å²) in [6.07, 6.45) is 0.522. The van der Waals surface area contributed by atoms with Gasteiger partial charge in [0.2, 0.25) is 5.89 Å². The lowest BCUT2D eigenvalue weighted by Crippen LogP contribution is -2.30. The number of nitrogens with zero attached hydrogens (tertiary/aromatic N) is 2. The Morgan fingerprint density at radius 3 is 2.67 bits per heavy atom. The number of rotatable bonds is 5. The number of benzene rings is 1. The number of hydrogen-bond donors (Lipinski definition) is 3. The molecule has 0 spiro atoms. The summed E-state index contributed by atoms with van der Waals surface area (Å²) in [5.41, 5.74) is 7.51. The monoisotopic (exact) mass is 289 g/mol. The first-order valence-electron chi connectivity index (χ1n) is 6.74. The van der Waals surface area contributed by atoms with Gasteiger partial charge in [0.15, 0.2) is 5.82 Å². The topological polar surface area (TPSA) is 106 Å². The van der Waals surface area contributed by atoms with Crippen molar-refractivity contribution in [2.24, 2.45) is 5.73 Å². The molecular weight excluding hydrogens is 270 g/mol. The molecular formula is C14H19N5O2. The van der Waals surface area contributed by atoms with Crippen LogP contribution < -0.4 is 16.4 Å². The number of aryl methyl sites for hydroxylation is 1.